The molecule has 4 N–H and O–H groups in total. The molecule has 0 saturated heterocycles. The molecule has 5 heteroatoms. The lowest BCUT2D eigenvalue weighted by atomic mass is 10.1. The summed E-state index contributed by atoms with van der Waals surface area (Å²) in [5, 5.41) is 5.64. The first-order valence-electron chi connectivity index (χ1n) is 8.11. The standard InChI is InChI=1S/C19H23N3O2/c1-2-12-21-19(24)16-8-3-4-9-17(16)22-18(23)11-10-14-6-5-7-15(20)13-14/h3-9,13H,2,10-12,20H2,1H3,(H,21,24)(H,22,23). The molecule has 0 spiro atoms. The van der Waals surface area contributed by atoms with Crippen molar-refractivity contribution in [3.05, 3.63) is 59.7 Å². The number of benzene rings is 2. The van der Waals surface area contributed by atoms with E-state index in [0.29, 0.717) is 36.3 Å². The Hall–Kier alpha value is -2.82. The van der Waals surface area contributed by atoms with E-state index in [2.05, 4.69) is 10.6 Å². The van der Waals surface area contributed by atoms with Gasteiger partial charge in [-0.3, -0.25) is 9.59 Å². The first kappa shape index (κ1) is 17.5. The van der Waals surface area contributed by atoms with Crippen LogP contribution in [0.15, 0.2) is 48.5 Å². The first-order chi connectivity index (χ1) is 11.6. The van der Waals surface area contributed by atoms with Gasteiger partial charge in [-0.1, -0.05) is 31.2 Å². The summed E-state index contributed by atoms with van der Waals surface area (Å²) in [5.41, 5.74) is 8.44. The fourth-order valence-electron chi connectivity index (χ4n) is 2.34. The summed E-state index contributed by atoms with van der Waals surface area (Å²) < 4.78 is 0. The van der Waals surface area contributed by atoms with E-state index in [-0.39, 0.29) is 11.8 Å². The lowest BCUT2D eigenvalue weighted by molar-refractivity contribution is -0.116. The number of hydrogen-bond acceptors (Lipinski definition) is 3. The lowest BCUT2D eigenvalue weighted by Gasteiger charge is -2.11. The average Bonchev–Trinajstić information content (AvgIpc) is 2.58. The molecular weight excluding hydrogens is 302 g/mol. The summed E-state index contributed by atoms with van der Waals surface area (Å²) in [6.45, 7) is 2.60. The number of nitrogens with two attached hydrogens (primary N) is 1. The number of aryl methyl sites for hydroxylation is 1. The van der Waals surface area contributed by atoms with E-state index in [9.17, 15) is 9.59 Å². The maximum Gasteiger partial charge on any atom is 0.253 e. The third-order valence-electron chi connectivity index (χ3n) is 3.57. The number of nitrogens with one attached hydrogen (secondary N) is 2. The summed E-state index contributed by atoms with van der Waals surface area (Å²) in [6, 6.07) is 14.5. The average molecular weight is 325 g/mol. The highest BCUT2D eigenvalue weighted by Crippen LogP contribution is 2.16. The summed E-state index contributed by atoms with van der Waals surface area (Å²) in [4.78, 5) is 24.3. The number of carbonyl (C=O) groups is 2. The highest BCUT2D eigenvalue weighted by molar-refractivity contribution is 6.03. The van der Waals surface area contributed by atoms with E-state index in [1.165, 1.54) is 0 Å². The van der Waals surface area contributed by atoms with Gasteiger partial charge in [0, 0.05) is 18.7 Å². The SMILES string of the molecule is CCCNC(=O)c1ccccc1NC(=O)CCc1cccc(N)c1. The zero-order valence-electron chi connectivity index (χ0n) is 13.8. The number of rotatable bonds is 7. The van der Waals surface area contributed by atoms with Gasteiger partial charge in [0.2, 0.25) is 5.91 Å². The van der Waals surface area contributed by atoms with E-state index in [1.807, 2.05) is 31.2 Å². The number of para-hydroxylation sites is 1. The van der Waals surface area contributed by atoms with E-state index in [4.69, 9.17) is 5.73 Å². The first-order valence-corrected chi connectivity index (χ1v) is 8.11. The molecule has 0 radical (unpaired) electrons. The Morgan fingerprint density at radius 2 is 1.88 bits per heavy atom. The summed E-state index contributed by atoms with van der Waals surface area (Å²) in [5.74, 6) is -0.309. The fraction of sp³-hybridized carbons (Fsp3) is 0.263. The maximum absolute atomic E-state index is 12.2. The minimum Gasteiger partial charge on any atom is -0.399 e. The number of amides is 2. The number of anilines is 2. The Kier molecular flexibility index (Phi) is 6.37. The lowest BCUT2D eigenvalue weighted by Crippen LogP contribution is -2.25. The number of carbonyl (C=O) groups excluding carboxylic acids is 2. The molecule has 0 unspecified atom stereocenters. The smallest absolute Gasteiger partial charge is 0.253 e. The van der Waals surface area contributed by atoms with Gasteiger partial charge in [0.25, 0.3) is 5.91 Å². The molecule has 0 aliphatic heterocycles. The van der Waals surface area contributed by atoms with Crippen LogP contribution in [-0.4, -0.2) is 18.4 Å². The molecule has 0 fully saturated rings. The second-order valence-corrected chi connectivity index (χ2v) is 5.59. The third-order valence-corrected chi connectivity index (χ3v) is 3.57. The topological polar surface area (TPSA) is 84.2 Å². The van der Waals surface area contributed by atoms with Gasteiger partial charge in [-0.2, -0.15) is 0 Å². The highest BCUT2D eigenvalue weighted by Gasteiger charge is 2.12. The van der Waals surface area contributed by atoms with Crippen LogP contribution in [0.5, 0.6) is 0 Å². The highest BCUT2D eigenvalue weighted by atomic mass is 16.2. The summed E-state index contributed by atoms with van der Waals surface area (Å²) >= 11 is 0. The predicted molar refractivity (Wildman–Crippen MR) is 96.9 cm³/mol. The molecule has 24 heavy (non-hydrogen) atoms. The van der Waals surface area contributed by atoms with Crippen LogP contribution in [0.25, 0.3) is 0 Å². The Labute approximate surface area is 142 Å². The summed E-state index contributed by atoms with van der Waals surface area (Å²) in [6.07, 6.45) is 1.79. The van der Waals surface area contributed by atoms with E-state index < -0.39 is 0 Å². The van der Waals surface area contributed by atoms with Crippen LogP contribution in [0.2, 0.25) is 0 Å². The molecule has 0 aromatic heterocycles. The van der Waals surface area contributed by atoms with Crippen molar-refractivity contribution in [2.45, 2.75) is 26.2 Å². The zero-order chi connectivity index (χ0) is 17.4. The second kappa shape index (κ2) is 8.72. The monoisotopic (exact) mass is 325 g/mol. The van der Waals surface area contributed by atoms with Gasteiger partial charge in [-0.15, -0.1) is 0 Å². The predicted octanol–water partition coefficient (Wildman–Crippen LogP) is 2.98. The quantitative estimate of drug-likeness (QED) is 0.684. The van der Waals surface area contributed by atoms with Gasteiger partial charge in [-0.05, 0) is 42.7 Å². The fourth-order valence-corrected chi connectivity index (χ4v) is 2.34. The van der Waals surface area contributed by atoms with Crippen LogP contribution < -0.4 is 16.4 Å². The second-order valence-electron chi connectivity index (χ2n) is 5.59. The third kappa shape index (κ3) is 5.12. The molecule has 2 amide bonds. The molecule has 0 bridgehead atoms. The molecule has 126 valence electrons. The van der Waals surface area contributed by atoms with Crippen molar-refractivity contribution in [3.8, 4) is 0 Å². The van der Waals surface area contributed by atoms with Gasteiger partial charge in [0.05, 0.1) is 11.3 Å². The molecule has 0 saturated carbocycles. The molecule has 5 nitrogen and oxygen atoms in total. The van der Waals surface area contributed by atoms with Gasteiger partial charge >= 0.3 is 0 Å². The van der Waals surface area contributed by atoms with Crippen LogP contribution in [0.1, 0.15) is 35.7 Å². The molecule has 0 aliphatic carbocycles. The Morgan fingerprint density at radius 3 is 2.62 bits per heavy atom. The van der Waals surface area contributed by atoms with Gasteiger partial charge in [0.15, 0.2) is 0 Å². The van der Waals surface area contributed by atoms with Crippen LogP contribution in [0, 0.1) is 0 Å². The maximum atomic E-state index is 12.2. The van der Waals surface area contributed by atoms with Crippen molar-refractivity contribution < 1.29 is 9.59 Å². The molecule has 0 aliphatic rings. The molecule has 0 heterocycles. The van der Waals surface area contributed by atoms with Gasteiger partial charge in [0.1, 0.15) is 0 Å². The Bertz CT molecular complexity index is 713. The summed E-state index contributed by atoms with van der Waals surface area (Å²) in [7, 11) is 0. The minimum atomic E-state index is -0.177. The minimum absolute atomic E-state index is 0.131. The van der Waals surface area contributed by atoms with E-state index in [0.717, 1.165) is 12.0 Å². The van der Waals surface area contributed by atoms with Crippen molar-refractivity contribution in [2.75, 3.05) is 17.6 Å². The van der Waals surface area contributed by atoms with Crippen LogP contribution in [-0.2, 0) is 11.2 Å². The molecule has 2 aromatic carbocycles. The molecule has 2 rings (SSSR count). The Balaban J connectivity index is 1.97. The van der Waals surface area contributed by atoms with Crippen LogP contribution in [0.4, 0.5) is 11.4 Å². The normalized spacial score (nSPS) is 10.2. The molecule has 0 atom stereocenters. The molecular formula is C19H23N3O2. The molecule has 2 aromatic rings. The van der Waals surface area contributed by atoms with Crippen LogP contribution in [0.3, 0.4) is 0 Å². The van der Waals surface area contributed by atoms with Crippen molar-refractivity contribution in [1.82, 2.24) is 5.32 Å². The van der Waals surface area contributed by atoms with Gasteiger partial charge in [-0.25, -0.2) is 0 Å². The van der Waals surface area contributed by atoms with Crippen molar-refractivity contribution in [1.29, 1.82) is 0 Å². The van der Waals surface area contributed by atoms with E-state index in [1.54, 1.807) is 24.3 Å². The number of nitrogen functional groups attached to an aromatic ring is 1. The van der Waals surface area contributed by atoms with Crippen LogP contribution >= 0.6 is 0 Å². The van der Waals surface area contributed by atoms with Crippen molar-refractivity contribution >= 4 is 23.2 Å². The van der Waals surface area contributed by atoms with E-state index >= 15 is 0 Å². The number of hydrogen-bond donors (Lipinski definition) is 3. The zero-order valence-corrected chi connectivity index (χ0v) is 13.8. The largest absolute Gasteiger partial charge is 0.399 e. The van der Waals surface area contributed by atoms with Crippen molar-refractivity contribution in [2.24, 2.45) is 0 Å². The Morgan fingerprint density at radius 1 is 1.08 bits per heavy atom. The van der Waals surface area contributed by atoms with Crippen molar-refractivity contribution in [3.63, 3.8) is 0 Å². The van der Waals surface area contributed by atoms with Gasteiger partial charge < -0.3 is 16.4 Å².